The number of hydrogen-bond acceptors (Lipinski definition) is 2. The fourth-order valence-corrected chi connectivity index (χ4v) is 5.38. The number of allylic oxidation sites excluding steroid dienone is 2. The second kappa shape index (κ2) is 6.99. The zero-order valence-electron chi connectivity index (χ0n) is 13.1. The van der Waals surface area contributed by atoms with Crippen LogP contribution in [0.2, 0.25) is 0 Å². The largest absolute Gasteiger partial charge is 0.396 e. The van der Waals surface area contributed by atoms with E-state index in [1.807, 2.05) is 6.08 Å². The third-order valence-electron chi connectivity index (χ3n) is 6.18. The molecule has 0 radical (unpaired) electrons. The van der Waals surface area contributed by atoms with Crippen LogP contribution in [-0.2, 0) is 0 Å². The SMILES string of the molecule is C#C/C=C/C[C@H]1CCC[C@H]2[C@@H]1CC[C@@H]1CC[C@H](CCO)N12. The van der Waals surface area contributed by atoms with E-state index in [4.69, 9.17) is 6.42 Å². The molecule has 116 valence electrons. The summed E-state index contributed by atoms with van der Waals surface area (Å²) in [4.78, 5) is 2.83. The molecule has 0 unspecified atom stereocenters. The molecule has 0 spiro atoms. The third kappa shape index (κ3) is 3.05. The van der Waals surface area contributed by atoms with Crippen molar-refractivity contribution >= 4 is 0 Å². The lowest BCUT2D eigenvalue weighted by Crippen LogP contribution is -2.54. The maximum atomic E-state index is 9.35. The van der Waals surface area contributed by atoms with Gasteiger partial charge in [-0.05, 0) is 69.3 Å². The van der Waals surface area contributed by atoms with Crippen LogP contribution in [0.5, 0.6) is 0 Å². The van der Waals surface area contributed by atoms with Crippen molar-refractivity contribution in [3.05, 3.63) is 12.2 Å². The van der Waals surface area contributed by atoms with E-state index < -0.39 is 0 Å². The van der Waals surface area contributed by atoms with Crippen molar-refractivity contribution in [3.63, 3.8) is 0 Å². The van der Waals surface area contributed by atoms with Crippen LogP contribution in [0.1, 0.15) is 57.8 Å². The summed E-state index contributed by atoms with van der Waals surface area (Å²) in [5.74, 6) is 4.30. The minimum atomic E-state index is 0.347. The molecular formula is C19H29NO. The van der Waals surface area contributed by atoms with Gasteiger partial charge in [-0.1, -0.05) is 18.4 Å². The minimum Gasteiger partial charge on any atom is -0.396 e. The Kier molecular flexibility index (Phi) is 5.03. The Labute approximate surface area is 129 Å². The molecule has 1 N–H and O–H groups in total. The molecule has 0 aromatic rings. The summed E-state index contributed by atoms with van der Waals surface area (Å²) in [5, 5.41) is 9.35. The maximum Gasteiger partial charge on any atom is 0.0445 e. The number of piperidine rings is 1. The van der Waals surface area contributed by atoms with E-state index in [1.54, 1.807) is 0 Å². The first-order valence-corrected chi connectivity index (χ1v) is 8.84. The van der Waals surface area contributed by atoms with Gasteiger partial charge in [0.2, 0.25) is 0 Å². The molecule has 2 nitrogen and oxygen atoms in total. The monoisotopic (exact) mass is 287 g/mol. The predicted octanol–water partition coefficient (Wildman–Crippen LogP) is 3.36. The summed E-state index contributed by atoms with van der Waals surface area (Å²) in [7, 11) is 0. The van der Waals surface area contributed by atoms with Gasteiger partial charge in [0.1, 0.15) is 0 Å². The van der Waals surface area contributed by atoms with Crippen LogP contribution in [0.25, 0.3) is 0 Å². The number of nitrogens with zero attached hydrogens (tertiary/aromatic N) is 1. The Morgan fingerprint density at radius 1 is 1.14 bits per heavy atom. The highest BCUT2D eigenvalue weighted by molar-refractivity contribution is 5.10. The summed E-state index contributed by atoms with van der Waals surface area (Å²) in [6.45, 7) is 0.347. The Morgan fingerprint density at radius 3 is 2.81 bits per heavy atom. The minimum absolute atomic E-state index is 0.347. The standard InChI is InChI=1S/C19H29NO/c1-2-3-4-6-15-7-5-8-19-18(15)12-11-16-9-10-17(13-14-21)20(16)19/h1,3-4,15-19,21H,5-14H2/b4-3+/t15-,16-,17+,18+,19-/m0/s1. The zero-order valence-corrected chi connectivity index (χ0v) is 13.1. The van der Waals surface area contributed by atoms with Crippen LogP contribution in [0.4, 0.5) is 0 Å². The molecule has 3 rings (SSSR count). The van der Waals surface area contributed by atoms with Crippen LogP contribution in [-0.4, -0.2) is 34.7 Å². The van der Waals surface area contributed by atoms with Gasteiger partial charge in [-0.3, -0.25) is 4.90 Å². The molecule has 0 aromatic heterocycles. The fraction of sp³-hybridized carbons (Fsp3) is 0.789. The second-order valence-electron chi connectivity index (χ2n) is 7.15. The Balaban J connectivity index is 1.71. The van der Waals surface area contributed by atoms with Gasteiger partial charge in [-0.25, -0.2) is 0 Å². The average Bonchev–Trinajstić information content (AvgIpc) is 2.92. The van der Waals surface area contributed by atoms with Gasteiger partial charge in [0.25, 0.3) is 0 Å². The molecule has 2 aliphatic heterocycles. The number of hydrogen-bond donors (Lipinski definition) is 1. The lowest BCUT2D eigenvalue weighted by molar-refractivity contribution is -0.0166. The number of aliphatic hydroxyl groups is 1. The lowest BCUT2D eigenvalue weighted by Gasteiger charge is -2.51. The molecule has 2 saturated heterocycles. The number of terminal acetylenes is 1. The van der Waals surface area contributed by atoms with Crippen LogP contribution in [0.3, 0.4) is 0 Å². The van der Waals surface area contributed by atoms with Crippen molar-refractivity contribution in [2.45, 2.75) is 75.9 Å². The van der Waals surface area contributed by atoms with Gasteiger partial charge in [0, 0.05) is 24.7 Å². The fourth-order valence-electron chi connectivity index (χ4n) is 5.38. The zero-order chi connectivity index (χ0) is 14.7. The third-order valence-corrected chi connectivity index (χ3v) is 6.18. The molecule has 0 aromatic carbocycles. The topological polar surface area (TPSA) is 23.5 Å². The van der Waals surface area contributed by atoms with Crippen molar-refractivity contribution < 1.29 is 5.11 Å². The van der Waals surface area contributed by atoms with Crippen LogP contribution in [0.15, 0.2) is 12.2 Å². The normalized spacial score (nSPS) is 39.9. The van der Waals surface area contributed by atoms with E-state index in [0.29, 0.717) is 12.6 Å². The van der Waals surface area contributed by atoms with Gasteiger partial charge in [0.15, 0.2) is 0 Å². The Morgan fingerprint density at radius 2 is 2.00 bits per heavy atom. The molecule has 0 amide bonds. The van der Waals surface area contributed by atoms with E-state index in [2.05, 4.69) is 16.9 Å². The maximum absolute atomic E-state index is 9.35. The summed E-state index contributed by atoms with van der Waals surface area (Å²) >= 11 is 0. The van der Waals surface area contributed by atoms with Gasteiger partial charge in [-0.2, -0.15) is 0 Å². The molecule has 2 heterocycles. The number of rotatable bonds is 4. The highest BCUT2D eigenvalue weighted by Gasteiger charge is 2.46. The first-order chi connectivity index (χ1) is 10.3. The highest BCUT2D eigenvalue weighted by atomic mass is 16.3. The quantitative estimate of drug-likeness (QED) is 0.802. The summed E-state index contributed by atoms with van der Waals surface area (Å²) in [5.41, 5.74) is 0. The average molecular weight is 287 g/mol. The van der Waals surface area contributed by atoms with E-state index in [0.717, 1.165) is 36.8 Å². The second-order valence-corrected chi connectivity index (χ2v) is 7.15. The molecule has 1 saturated carbocycles. The smallest absolute Gasteiger partial charge is 0.0445 e. The molecule has 21 heavy (non-hydrogen) atoms. The predicted molar refractivity (Wildman–Crippen MR) is 86.8 cm³/mol. The number of fused-ring (bicyclic) bond motifs is 3. The first-order valence-electron chi connectivity index (χ1n) is 8.84. The molecule has 3 fully saturated rings. The summed E-state index contributed by atoms with van der Waals surface area (Å²) < 4.78 is 0. The van der Waals surface area contributed by atoms with E-state index in [-0.39, 0.29) is 0 Å². The molecule has 3 aliphatic rings. The highest BCUT2D eigenvalue weighted by Crippen LogP contribution is 2.47. The Bertz CT molecular complexity index is 410. The van der Waals surface area contributed by atoms with E-state index >= 15 is 0 Å². The van der Waals surface area contributed by atoms with E-state index in [1.165, 1.54) is 44.9 Å². The van der Waals surface area contributed by atoms with E-state index in [9.17, 15) is 5.11 Å². The lowest BCUT2D eigenvalue weighted by atomic mass is 9.69. The molecule has 2 heteroatoms. The first kappa shape index (κ1) is 15.1. The van der Waals surface area contributed by atoms with Gasteiger partial charge in [0.05, 0.1) is 0 Å². The van der Waals surface area contributed by atoms with Crippen molar-refractivity contribution in [2.75, 3.05) is 6.61 Å². The molecule has 0 bridgehead atoms. The van der Waals surface area contributed by atoms with Crippen LogP contribution < -0.4 is 0 Å². The van der Waals surface area contributed by atoms with Crippen LogP contribution in [0, 0.1) is 24.2 Å². The van der Waals surface area contributed by atoms with Gasteiger partial charge < -0.3 is 5.11 Å². The number of aliphatic hydroxyl groups excluding tert-OH is 1. The molecular weight excluding hydrogens is 258 g/mol. The van der Waals surface area contributed by atoms with Gasteiger partial charge >= 0.3 is 0 Å². The van der Waals surface area contributed by atoms with Gasteiger partial charge in [-0.15, -0.1) is 6.42 Å². The Hall–Kier alpha value is -0.780. The summed E-state index contributed by atoms with van der Waals surface area (Å²) in [6, 6.07) is 2.23. The molecule has 1 aliphatic carbocycles. The van der Waals surface area contributed by atoms with Crippen molar-refractivity contribution in [3.8, 4) is 12.3 Å². The van der Waals surface area contributed by atoms with Crippen molar-refractivity contribution in [1.82, 2.24) is 4.90 Å². The van der Waals surface area contributed by atoms with Crippen LogP contribution >= 0.6 is 0 Å². The van der Waals surface area contributed by atoms with Crippen molar-refractivity contribution in [1.29, 1.82) is 0 Å². The van der Waals surface area contributed by atoms with Crippen molar-refractivity contribution in [2.24, 2.45) is 11.8 Å². The molecule has 5 atom stereocenters. The summed E-state index contributed by atoms with van der Waals surface area (Å²) in [6.07, 6.45) is 21.1.